The first-order valence-electron chi connectivity index (χ1n) is 14.2. The van der Waals surface area contributed by atoms with Crippen molar-refractivity contribution in [1.29, 1.82) is 0 Å². The van der Waals surface area contributed by atoms with Crippen molar-refractivity contribution < 1.29 is 19.1 Å². The third-order valence-electron chi connectivity index (χ3n) is 5.55. The number of methoxy groups -OCH3 is 1. The number of hydrogen-bond acceptors (Lipinski definition) is 4. The van der Waals surface area contributed by atoms with Crippen LogP contribution in [0.15, 0.2) is 54.6 Å². The zero-order chi connectivity index (χ0) is 29.1. The number of fused-ring (bicyclic) bond motifs is 1. The van der Waals surface area contributed by atoms with E-state index in [0.29, 0.717) is 26.0 Å². The lowest BCUT2D eigenvalue weighted by Gasteiger charge is -2.38. The van der Waals surface area contributed by atoms with Gasteiger partial charge in [-0.2, -0.15) is 0 Å². The number of aryl methyl sites for hydroxylation is 1. The Kier molecular flexibility index (Phi) is 17.8. The van der Waals surface area contributed by atoms with Crippen LogP contribution in [0.2, 0.25) is 0 Å². The molecule has 1 heterocycles. The summed E-state index contributed by atoms with van der Waals surface area (Å²) in [4.78, 5) is 28.1. The van der Waals surface area contributed by atoms with Gasteiger partial charge in [-0.1, -0.05) is 96.1 Å². The number of carbonyl (C=O) groups is 2. The van der Waals surface area contributed by atoms with Crippen molar-refractivity contribution in [2.45, 2.75) is 106 Å². The largest absolute Gasteiger partial charge is 0.444 e. The minimum atomic E-state index is -0.685. The predicted molar refractivity (Wildman–Crippen MR) is 158 cm³/mol. The Labute approximate surface area is 232 Å². The molecule has 2 atom stereocenters. The van der Waals surface area contributed by atoms with Gasteiger partial charge in [-0.15, -0.1) is 0 Å². The smallest absolute Gasteiger partial charge is 0.408 e. The van der Waals surface area contributed by atoms with Crippen LogP contribution in [0, 0.1) is 0 Å². The van der Waals surface area contributed by atoms with Crippen LogP contribution < -0.4 is 5.32 Å². The summed E-state index contributed by atoms with van der Waals surface area (Å²) >= 11 is 0. The quantitative estimate of drug-likeness (QED) is 0.413. The predicted octanol–water partition coefficient (Wildman–Crippen LogP) is 7.19. The highest BCUT2D eigenvalue weighted by Gasteiger charge is 2.34. The number of rotatable bonds is 7. The number of nitrogens with one attached hydrogen (secondary N) is 1. The van der Waals surface area contributed by atoms with Crippen molar-refractivity contribution in [3.8, 4) is 0 Å². The third-order valence-corrected chi connectivity index (χ3v) is 5.55. The van der Waals surface area contributed by atoms with Crippen LogP contribution in [0.25, 0.3) is 0 Å². The first-order chi connectivity index (χ1) is 18.3. The monoisotopic (exact) mass is 528 g/mol. The van der Waals surface area contributed by atoms with Gasteiger partial charge in [0.15, 0.2) is 0 Å². The minimum absolute atomic E-state index is 0.0814. The van der Waals surface area contributed by atoms with Gasteiger partial charge in [-0.25, -0.2) is 4.79 Å². The Bertz CT molecular complexity index is 909. The minimum Gasteiger partial charge on any atom is -0.444 e. The van der Waals surface area contributed by atoms with E-state index < -0.39 is 17.7 Å². The second kappa shape index (κ2) is 19.2. The number of amides is 2. The van der Waals surface area contributed by atoms with Crippen molar-refractivity contribution in [1.82, 2.24) is 10.2 Å². The van der Waals surface area contributed by atoms with E-state index in [1.807, 2.05) is 110 Å². The fourth-order valence-electron chi connectivity index (χ4n) is 4.05. The second-order valence-corrected chi connectivity index (χ2v) is 9.27. The van der Waals surface area contributed by atoms with Gasteiger partial charge < -0.3 is 19.7 Å². The van der Waals surface area contributed by atoms with Crippen LogP contribution in [0.5, 0.6) is 0 Å². The van der Waals surface area contributed by atoms with E-state index in [9.17, 15) is 9.59 Å². The fourth-order valence-corrected chi connectivity index (χ4v) is 4.05. The molecule has 0 spiro atoms. The average molecular weight is 529 g/mol. The van der Waals surface area contributed by atoms with Gasteiger partial charge in [0.1, 0.15) is 11.6 Å². The van der Waals surface area contributed by atoms with E-state index in [-0.39, 0.29) is 11.9 Å². The van der Waals surface area contributed by atoms with E-state index in [4.69, 9.17) is 9.47 Å². The molecular weight excluding hydrogens is 476 g/mol. The number of alkyl carbamates (subject to hydrolysis) is 1. The van der Waals surface area contributed by atoms with Crippen LogP contribution in [0.1, 0.15) is 85.4 Å². The maximum absolute atomic E-state index is 13.7. The van der Waals surface area contributed by atoms with Gasteiger partial charge in [0.05, 0.1) is 12.6 Å². The SMILES string of the molecule is CC.CC.CC.COC[C@H]1Cc2ccccc2CN1C(=O)C(CCc1ccccc1)NC(=O)OC(C)(C)C. The molecule has 0 saturated carbocycles. The van der Waals surface area contributed by atoms with Gasteiger partial charge in [0, 0.05) is 13.7 Å². The second-order valence-electron chi connectivity index (χ2n) is 9.27. The molecule has 2 aromatic carbocycles. The maximum Gasteiger partial charge on any atom is 0.408 e. The van der Waals surface area contributed by atoms with E-state index in [0.717, 1.165) is 17.5 Å². The third kappa shape index (κ3) is 12.1. The molecular formula is C32H52N2O4. The molecule has 38 heavy (non-hydrogen) atoms. The molecule has 0 fully saturated rings. The molecule has 0 aliphatic carbocycles. The number of carbonyl (C=O) groups excluding carboxylic acids is 2. The number of benzene rings is 2. The highest BCUT2D eigenvalue weighted by atomic mass is 16.6. The molecule has 6 heteroatoms. The number of nitrogens with zero attached hydrogens (tertiary/aromatic N) is 1. The zero-order valence-corrected chi connectivity index (χ0v) is 25.5. The Balaban J connectivity index is 0.00000213. The molecule has 0 saturated heterocycles. The van der Waals surface area contributed by atoms with Crippen molar-refractivity contribution >= 4 is 12.0 Å². The summed E-state index contributed by atoms with van der Waals surface area (Å²) in [5.74, 6) is -0.108. The number of hydrogen-bond donors (Lipinski definition) is 1. The van der Waals surface area contributed by atoms with E-state index in [2.05, 4.69) is 17.4 Å². The molecule has 2 aromatic rings. The van der Waals surface area contributed by atoms with Crippen LogP contribution in [0.4, 0.5) is 4.79 Å². The fraction of sp³-hybridized carbons (Fsp3) is 0.562. The van der Waals surface area contributed by atoms with Gasteiger partial charge in [0.2, 0.25) is 5.91 Å². The molecule has 2 amide bonds. The molecule has 6 nitrogen and oxygen atoms in total. The summed E-state index contributed by atoms with van der Waals surface area (Å²) < 4.78 is 10.9. The average Bonchev–Trinajstić information content (AvgIpc) is 2.93. The summed E-state index contributed by atoms with van der Waals surface area (Å²) in [6, 6.07) is 17.4. The summed E-state index contributed by atoms with van der Waals surface area (Å²) in [7, 11) is 1.65. The van der Waals surface area contributed by atoms with E-state index in [1.54, 1.807) is 7.11 Å². The molecule has 0 radical (unpaired) electrons. The van der Waals surface area contributed by atoms with Gasteiger partial charge in [-0.05, 0) is 56.7 Å². The Hall–Kier alpha value is -2.86. The van der Waals surface area contributed by atoms with Crippen LogP contribution in [-0.4, -0.2) is 48.3 Å². The summed E-state index contributed by atoms with van der Waals surface area (Å²) in [5.41, 5.74) is 2.85. The standard InChI is InChI=1S/C26H34N2O4.3C2H6/c1-26(2,3)32-25(30)27-23(15-14-19-10-6-5-7-11-19)24(29)28-17-21-13-9-8-12-20(21)16-22(28)18-31-4;3*1-2/h5-13,22-23H,14-18H2,1-4H3,(H,27,30);3*1-2H3/t22-,23?;;;/m1.../s1. The first-order valence-corrected chi connectivity index (χ1v) is 14.2. The lowest BCUT2D eigenvalue weighted by molar-refractivity contribution is -0.138. The van der Waals surface area contributed by atoms with Crippen LogP contribution in [0.3, 0.4) is 0 Å². The summed E-state index contributed by atoms with van der Waals surface area (Å²) in [5, 5.41) is 2.83. The molecule has 0 aromatic heterocycles. The van der Waals surface area contributed by atoms with Crippen molar-refractivity contribution in [2.75, 3.05) is 13.7 Å². The van der Waals surface area contributed by atoms with Gasteiger partial charge in [-0.3, -0.25) is 4.79 Å². The lowest BCUT2D eigenvalue weighted by Crippen LogP contribution is -2.55. The van der Waals surface area contributed by atoms with E-state index in [1.165, 1.54) is 5.56 Å². The highest BCUT2D eigenvalue weighted by molar-refractivity contribution is 5.86. The van der Waals surface area contributed by atoms with Gasteiger partial charge >= 0.3 is 6.09 Å². The normalized spacial score (nSPS) is 14.6. The van der Waals surface area contributed by atoms with Crippen molar-refractivity contribution in [3.05, 3.63) is 71.3 Å². The molecule has 1 aliphatic heterocycles. The van der Waals surface area contributed by atoms with Crippen molar-refractivity contribution in [3.63, 3.8) is 0 Å². The van der Waals surface area contributed by atoms with Gasteiger partial charge in [0.25, 0.3) is 0 Å². The Morgan fingerprint density at radius 2 is 1.47 bits per heavy atom. The Morgan fingerprint density at radius 1 is 0.921 bits per heavy atom. The molecule has 1 aliphatic rings. The lowest BCUT2D eigenvalue weighted by atomic mass is 9.93. The maximum atomic E-state index is 13.7. The summed E-state index contributed by atoms with van der Waals surface area (Å²) in [6.45, 7) is 18.4. The first kappa shape index (κ1) is 35.1. The zero-order valence-electron chi connectivity index (χ0n) is 25.5. The molecule has 3 rings (SSSR count). The van der Waals surface area contributed by atoms with Crippen LogP contribution >= 0.6 is 0 Å². The van der Waals surface area contributed by atoms with Crippen LogP contribution in [-0.2, 0) is 33.7 Å². The Morgan fingerprint density at radius 3 is 2.03 bits per heavy atom. The highest BCUT2D eigenvalue weighted by Crippen LogP contribution is 2.25. The van der Waals surface area contributed by atoms with Crippen molar-refractivity contribution in [2.24, 2.45) is 0 Å². The molecule has 1 N–H and O–H groups in total. The topological polar surface area (TPSA) is 67.9 Å². The molecule has 1 unspecified atom stereocenters. The molecule has 0 bridgehead atoms. The van der Waals surface area contributed by atoms with E-state index >= 15 is 0 Å². The summed E-state index contributed by atoms with van der Waals surface area (Å²) in [6.07, 6.45) is 1.31. The molecule has 214 valence electrons. The number of ether oxygens (including phenoxy) is 2.